The fourth-order valence-electron chi connectivity index (χ4n) is 2.86. The fourth-order valence-corrected chi connectivity index (χ4v) is 4.73. The monoisotopic (exact) mass is 333 g/mol. The summed E-state index contributed by atoms with van der Waals surface area (Å²) in [5.74, 6) is 1.30. The van der Waals surface area contributed by atoms with Gasteiger partial charge in [0, 0.05) is 11.5 Å². The highest BCUT2D eigenvalue weighted by Gasteiger charge is 2.30. The molecule has 3 rings (SSSR count). The summed E-state index contributed by atoms with van der Waals surface area (Å²) in [5, 5.41) is 0.903. The molecule has 0 saturated heterocycles. The third-order valence-corrected chi connectivity index (χ3v) is 6.12. The standard InChI is InChI=1S/C18H23NO3S/c1-4-22-17-10-15(12(2)3)14-6-5-7-16(18(14)19-17)23(20,21)11-13-8-9-13/h5-7,10,12-13H,4,8-9,11H2,1-3H3. The maximum atomic E-state index is 12.8. The van der Waals surface area contributed by atoms with Crippen molar-refractivity contribution in [2.75, 3.05) is 12.4 Å². The van der Waals surface area contributed by atoms with E-state index in [4.69, 9.17) is 4.74 Å². The maximum absolute atomic E-state index is 12.8. The zero-order valence-electron chi connectivity index (χ0n) is 13.9. The summed E-state index contributed by atoms with van der Waals surface area (Å²) in [6.45, 7) is 6.59. The number of fused-ring (bicyclic) bond motifs is 1. The molecule has 5 heteroatoms. The third-order valence-electron chi connectivity index (χ3n) is 4.21. The third kappa shape index (κ3) is 3.34. The lowest BCUT2D eigenvalue weighted by atomic mass is 9.99. The van der Waals surface area contributed by atoms with Gasteiger partial charge in [-0.05, 0) is 43.2 Å². The minimum atomic E-state index is -3.32. The van der Waals surface area contributed by atoms with Crippen LogP contribution in [0.3, 0.4) is 0 Å². The molecule has 0 bridgehead atoms. The minimum absolute atomic E-state index is 0.226. The smallest absolute Gasteiger partial charge is 0.214 e. The number of pyridine rings is 1. The molecule has 1 aliphatic rings. The van der Waals surface area contributed by atoms with Gasteiger partial charge in [-0.3, -0.25) is 0 Å². The lowest BCUT2D eigenvalue weighted by Crippen LogP contribution is -2.10. The largest absolute Gasteiger partial charge is 0.478 e. The fraction of sp³-hybridized carbons (Fsp3) is 0.500. The van der Waals surface area contributed by atoms with Gasteiger partial charge in [0.25, 0.3) is 0 Å². The van der Waals surface area contributed by atoms with Crippen molar-refractivity contribution >= 4 is 20.7 Å². The Bertz CT molecular complexity index is 824. The maximum Gasteiger partial charge on any atom is 0.214 e. The van der Waals surface area contributed by atoms with Gasteiger partial charge in [-0.1, -0.05) is 26.0 Å². The summed E-state index contributed by atoms with van der Waals surface area (Å²) < 4.78 is 31.1. The molecule has 1 aliphatic carbocycles. The molecule has 0 N–H and O–H groups in total. The van der Waals surface area contributed by atoms with E-state index in [1.807, 2.05) is 25.1 Å². The molecule has 0 unspecified atom stereocenters. The Morgan fingerprint density at radius 3 is 2.65 bits per heavy atom. The molecule has 0 atom stereocenters. The number of rotatable bonds is 6. The van der Waals surface area contributed by atoms with Crippen molar-refractivity contribution in [2.45, 2.75) is 44.4 Å². The molecule has 1 aromatic carbocycles. The van der Waals surface area contributed by atoms with Crippen LogP contribution in [0.4, 0.5) is 0 Å². The quantitative estimate of drug-likeness (QED) is 0.803. The number of hydrogen-bond acceptors (Lipinski definition) is 4. The Hall–Kier alpha value is -1.62. The van der Waals surface area contributed by atoms with Crippen LogP contribution in [0.15, 0.2) is 29.2 Å². The predicted molar refractivity (Wildman–Crippen MR) is 91.8 cm³/mol. The molecular weight excluding hydrogens is 310 g/mol. The molecule has 23 heavy (non-hydrogen) atoms. The van der Waals surface area contributed by atoms with Crippen molar-refractivity contribution in [3.05, 3.63) is 29.8 Å². The highest BCUT2D eigenvalue weighted by Crippen LogP contribution is 2.36. The van der Waals surface area contributed by atoms with Crippen molar-refractivity contribution in [1.29, 1.82) is 0 Å². The molecule has 1 fully saturated rings. The van der Waals surface area contributed by atoms with Gasteiger partial charge in [0.05, 0.1) is 22.8 Å². The van der Waals surface area contributed by atoms with Crippen LogP contribution in [-0.4, -0.2) is 25.8 Å². The highest BCUT2D eigenvalue weighted by molar-refractivity contribution is 7.91. The van der Waals surface area contributed by atoms with E-state index < -0.39 is 9.84 Å². The zero-order chi connectivity index (χ0) is 16.6. The van der Waals surface area contributed by atoms with E-state index >= 15 is 0 Å². The summed E-state index contributed by atoms with van der Waals surface area (Å²) in [6, 6.07) is 7.36. The van der Waals surface area contributed by atoms with Crippen LogP contribution in [0, 0.1) is 5.92 Å². The number of ether oxygens (including phenoxy) is 1. The van der Waals surface area contributed by atoms with Crippen molar-refractivity contribution < 1.29 is 13.2 Å². The zero-order valence-corrected chi connectivity index (χ0v) is 14.7. The van der Waals surface area contributed by atoms with E-state index in [9.17, 15) is 8.42 Å². The number of para-hydroxylation sites is 1. The van der Waals surface area contributed by atoms with Crippen molar-refractivity contribution in [3.8, 4) is 5.88 Å². The van der Waals surface area contributed by atoms with Crippen molar-refractivity contribution in [3.63, 3.8) is 0 Å². The molecule has 2 aromatic rings. The van der Waals surface area contributed by atoms with Gasteiger partial charge in [-0.25, -0.2) is 13.4 Å². The summed E-state index contributed by atoms with van der Waals surface area (Å²) in [5.41, 5.74) is 1.62. The van der Waals surface area contributed by atoms with E-state index in [0.717, 1.165) is 23.8 Å². The van der Waals surface area contributed by atoms with E-state index in [0.29, 0.717) is 28.8 Å². The summed E-state index contributed by atoms with van der Waals surface area (Å²) in [6.07, 6.45) is 2.03. The Morgan fingerprint density at radius 1 is 1.30 bits per heavy atom. The van der Waals surface area contributed by atoms with E-state index in [1.165, 1.54) is 0 Å². The van der Waals surface area contributed by atoms with Gasteiger partial charge in [-0.15, -0.1) is 0 Å². The number of sulfone groups is 1. The van der Waals surface area contributed by atoms with Crippen LogP contribution < -0.4 is 4.74 Å². The predicted octanol–water partition coefficient (Wildman–Crippen LogP) is 3.94. The first-order valence-corrected chi connectivity index (χ1v) is 9.87. The van der Waals surface area contributed by atoms with Crippen LogP contribution in [0.25, 0.3) is 10.9 Å². The van der Waals surface area contributed by atoms with Gasteiger partial charge in [-0.2, -0.15) is 0 Å². The number of aromatic nitrogens is 1. The SMILES string of the molecule is CCOc1cc(C(C)C)c2cccc(S(=O)(=O)CC3CC3)c2n1. The van der Waals surface area contributed by atoms with Gasteiger partial charge in [0.15, 0.2) is 9.84 Å². The number of nitrogens with zero attached hydrogens (tertiary/aromatic N) is 1. The lowest BCUT2D eigenvalue weighted by Gasteiger charge is -2.15. The second-order valence-corrected chi connectivity index (χ2v) is 8.52. The Kier molecular flexibility index (Phi) is 4.32. The van der Waals surface area contributed by atoms with Crippen molar-refractivity contribution in [2.24, 2.45) is 5.92 Å². The number of hydrogen-bond donors (Lipinski definition) is 0. The van der Waals surface area contributed by atoms with Crippen LogP contribution >= 0.6 is 0 Å². The normalized spacial score (nSPS) is 15.3. The Balaban J connectivity index is 2.22. The van der Waals surface area contributed by atoms with Crippen LogP contribution in [-0.2, 0) is 9.84 Å². The van der Waals surface area contributed by atoms with Gasteiger partial charge < -0.3 is 4.74 Å². The summed E-state index contributed by atoms with van der Waals surface area (Å²) >= 11 is 0. The topological polar surface area (TPSA) is 56.3 Å². The van der Waals surface area contributed by atoms with Gasteiger partial charge in [0.2, 0.25) is 5.88 Å². The lowest BCUT2D eigenvalue weighted by molar-refractivity contribution is 0.327. The molecule has 0 amide bonds. The molecule has 0 radical (unpaired) electrons. The van der Waals surface area contributed by atoms with E-state index in [-0.39, 0.29) is 11.7 Å². The molecule has 4 nitrogen and oxygen atoms in total. The Morgan fingerprint density at radius 2 is 2.04 bits per heavy atom. The molecule has 1 heterocycles. The molecular formula is C18H23NO3S. The van der Waals surface area contributed by atoms with Gasteiger partial charge in [0.1, 0.15) is 0 Å². The molecule has 1 aromatic heterocycles. The van der Waals surface area contributed by atoms with Crippen molar-refractivity contribution in [1.82, 2.24) is 4.98 Å². The van der Waals surface area contributed by atoms with Gasteiger partial charge >= 0.3 is 0 Å². The molecule has 0 aliphatic heterocycles. The van der Waals surface area contributed by atoms with Crippen LogP contribution in [0.1, 0.15) is 45.1 Å². The molecule has 1 saturated carbocycles. The summed E-state index contributed by atoms with van der Waals surface area (Å²) in [4.78, 5) is 4.84. The van der Waals surface area contributed by atoms with E-state index in [2.05, 4.69) is 18.8 Å². The van der Waals surface area contributed by atoms with E-state index in [1.54, 1.807) is 6.07 Å². The molecule has 124 valence electrons. The second-order valence-electron chi connectivity index (χ2n) is 6.51. The molecule has 0 spiro atoms. The average Bonchev–Trinajstić information content (AvgIpc) is 3.29. The van der Waals surface area contributed by atoms with Crippen LogP contribution in [0.2, 0.25) is 0 Å². The minimum Gasteiger partial charge on any atom is -0.478 e. The Labute approximate surface area is 137 Å². The first-order valence-electron chi connectivity index (χ1n) is 8.21. The average molecular weight is 333 g/mol. The first kappa shape index (κ1) is 16.2. The highest BCUT2D eigenvalue weighted by atomic mass is 32.2. The van der Waals surface area contributed by atoms with Crippen LogP contribution in [0.5, 0.6) is 5.88 Å². The number of benzene rings is 1. The second kappa shape index (κ2) is 6.11. The summed E-state index contributed by atoms with van der Waals surface area (Å²) in [7, 11) is -3.32. The first-order chi connectivity index (χ1) is 10.9.